The van der Waals surface area contributed by atoms with Crippen molar-refractivity contribution in [3.8, 4) is 0 Å². The Bertz CT molecular complexity index is 404. The molecule has 0 aliphatic heterocycles. The molecule has 1 aromatic carbocycles. The third kappa shape index (κ3) is 2.10. The van der Waals surface area contributed by atoms with Gasteiger partial charge in [0.1, 0.15) is 0 Å². The molecule has 0 amide bonds. The zero-order chi connectivity index (χ0) is 10.6. The number of thiophene rings is 1. The van der Waals surface area contributed by atoms with E-state index in [1.54, 1.807) is 11.3 Å². The van der Waals surface area contributed by atoms with Gasteiger partial charge in [-0.25, -0.2) is 0 Å². The van der Waals surface area contributed by atoms with E-state index in [1.165, 1.54) is 15.0 Å². The Morgan fingerprint density at radius 1 is 1.21 bits per heavy atom. The van der Waals surface area contributed by atoms with E-state index >= 15 is 0 Å². The second kappa shape index (κ2) is 5.38. The molecule has 0 fully saturated rings. The molecule has 0 N–H and O–H groups in total. The quantitative estimate of drug-likeness (QED) is 0.632. The molecular weight excluding hydrogens is 212 g/mol. The molecule has 0 saturated carbocycles. The van der Waals surface area contributed by atoms with Crippen LogP contribution in [0.4, 0.5) is 0 Å². The molecule has 0 nitrogen and oxygen atoms in total. The maximum Gasteiger partial charge on any atom is 0.0623 e. The van der Waals surface area contributed by atoms with Gasteiger partial charge in [-0.2, -0.15) is 0 Å². The van der Waals surface area contributed by atoms with Crippen molar-refractivity contribution in [2.24, 2.45) is 0 Å². The van der Waals surface area contributed by atoms with E-state index in [9.17, 15) is 0 Å². The fourth-order valence-corrected chi connectivity index (χ4v) is 2.80. The maximum atomic E-state index is 6.17. The molecule has 0 unspecified atom stereocenters. The molecule has 0 radical (unpaired) electrons. The SMILES string of the molecule is CC.CCc1sc2ccccc2c1Cl. The summed E-state index contributed by atoms with van der Waals surface area (Å²) in [5.41, 5.74) is 0. The molecule has 1 aromatic heterocycles. The molecule has 2 rings (SSSR count). The van der Waals surface area contributed by atoms with Crippen molar-refractivity contribution in [3.05, 3.63) is 34.2 Å². The van der Waals surface area contributed by atoms with Crippen LogP contribution in [0.25, 0.3) is 10.1 Å². The molecule has 0 saturated heterocycles. The molecule has 76 valence electrons. The zero-order valence-electron chi connectivity index (χ0n) is 8.80. The lowest BCUT2D eigenvalue weighted by molar-refractivity contribution is 1.19. The highest BCUT2D eigenvalue weighted by molar-refractivity contribution is 7.19. The van der Waals surface area contributed by atoms with Crippen LogP contribution in [-0.4, -0.2) is 0 Å². The Morgan fingerprint density at radius 2 is 1.86 bits per heavy atom. The first kappa shape index (κ1) is 11.5. The topological polar surface area (TPSA) is 0 Å². The molecule has 0 aliphatic rings. The highest BCUT2D eigenvalue weighted by atomic mass is 35.5. The Morgan fingerprint density at radius 3 is 2.43 bits per heavy atom. The van der Waals surface area contributed by atoms with Gasteiger partial charge in [0.25, 0.3) is 0 Å². The van der Waals surface area contributed by atoms with Gasteiger partial charge in [-0.05, 0) is 12.5 Å². The summed E-state index contributed by atoms with van der Waals surface area (Å²) < 4.78 is 1.29. The average Bonchev–Trinajstić information content (AvgIpc) is 2.59. The number of hydrogen-bond donors (Lipinski definition) is 0. The first-order chi connectivity index (χ1) is 6.83. The molecule has 0 bridgehead atoms. The Balaban J connectivity index is 0.000000461. The number of benzene rings is 1. The highest BCUT2D eigenvalue weighted by Crippen LogP contribution is 2.35. The van der Waals surface area contributed by atoms with E-state index in [1.807, 2.05) is 19.9 Å². The van der Waals surface area contributed by atoms with E-state index in [4.69, 9.17) is 11.6 Å². The summed E-state index contributed by atoms with van der Waals surface area (Å²) in [6.07, 6.45) is 1.03. The van der Waals surface area contributed by atoms with Crippen molar-refractivity contribution in [3.63, 3.8) is 0 Å². The Hall–Kier alpha value is -0.530. The smallest absolute Gasteiger partial charge is 0.0623 e. The summed E-state index contributed by atoms with van der Waals surface area (Å²) in [6.45, 7) is 6.14. The van der Waals surface area contributed by atoms with Gasteiger partial charge in [-0.3, -0.25) is 0 Å². The Labute approximate surface area is 94.5 Å². The second-order valence-electron chi connectivity index (χ2n) is 2.69. The predicted octanol–water partition coefficient (Wildman–Crippen LogP) is 5.14. The molecule has 2 heteroatoms. The molecule has 0 aliphatic carbocycles. The fraction of sp³-hybridized carbons (Fsp3) is 0.333. The monoisotopic (exact) mass is 226 g/mol. The van der Waals surface area contributed by atoms with Gasteiger partial charge in [0.15, 0.2) is 0 Å². The van der Waals surface area contributed by atoms with E-state index in [0.29, 0.717) is 0 Å². The first-order valence-corrected chi connectivity index (χ1v) is 6.18. The summed E-state index contributed by atoms with van der Waals surface area (Å²) in [6, 6.07) is 8.27. The summed E-state index contributed by atoms with van der Waals surface area (Å²) in [5, 5.41) is 2.14. The minimum Gasteiger partial charge on any atom is -0.139 e. The van der Waals surface area contributed by atoms with E-state index in [-0.39, 0.29) is 0 Å². The first-order valence-electron chi connectivity index (χ1n) is 4.99. The minimum absolute atomic E-state index is 0.943. The zero-order valence-corrected chi connectivity index (χ0v) is 10.4. The molecular formula is C12H15ClS. The van der Waals surface area contributed by atoms with Gasteiger partial charge < -0.3 is 0 Å². The molecule has 14 heavy (non-hydrogen) atoms. The van der Waals surface area contributed by atoms with Crippen LogP contribution in [0.2, 0.25) is 5.02 Å². The van der Waals surface area contributed by atoms with Crippen molar-refractivity contribution < 1.29 is 0 Å². The van der Waals surface area contributed by atoms with Gasteiger partial charge >= 0.3 is 0 Å². The van der Waals surface area contributed by atoms with Crippen LogP contribution in [0.5, 0.6) is 0 Å². The van der Waals surface area contributed by atoms with Gasteiger partial charge in [-0.1, -0.05) is 50.6 Å². The van der Waals surface area contributed by atoms with Crippen LogP contribution in [0.15, 0.2) is 24.3 Å². The molecule has 0 spiro atoms. The van der Waals surface area contributed by atoms with E-state index in [0.717, 1.165) is 11.4 Å². The van der Waals surface area contributed by atoms with Crippen molar-refractivity contribution >= 4 is 33.0 Å². The lowest BCUT2D eigenvalue weighted by Gasteiger charge is -1.88. The van der Waals surface area contributed by atoms with Crippen molar-refractivity contribution in [1.29, 1.82) is 0 Å². The van der Waals surface area contributed by atoms with Gasteiger partial charge in [0.2, 0.25) is 0 Å². The minimum atomic E-state index is 0.943. The third-order valence-electron chi connectivity index (χ3n) is 1.92. The van der Waals surface area contributed by atoms with E-state index in [2.05, 4.69) is 25.1 Å². The van der Waals surface area contributed by atoms with Crippen molar-refractivity contribution in [2.75, 3.05) is 0 Å². The van der Waals surface area contributed by atoms with Crippen LogP contribution in [-0.2, 0) is 6.42 Å². The van der Waals surface area contributed by atoms with Crippen LogP contribution in [0, 0.1) is 0 Å². The standard InChI is InChI=1S/C10H9ClS.C2H6/c1-2-8-10(11)7-5-3-4-6-9(7)12-8;1-2/h3-6H,2H2,1H3;1-2H3. The summed E-state index contributed by atoms with van der Waals surface area (Å²) in [5.74, 6) is 0. The van der Waals surface area contributed by atoms with Crippen LogP contribution in [0.1, 0.15) is 25.6 Å². The maximum absolute atomic E-state index is 6.17. The number of rotatable bonds is 1. The van der Waals surface area contributed by atoms with Crippen molar-refractivity contribution in [2.45, 2.75) is 27.2 Å². The predicted molar refractivity (Wildman–Crippen MR) is 67.6 cm³/mol. The highest BCUT2D eigenvalue weighted by Gasteiger charge is 2.06. The van der Waals surface area contributed by atoms with Crippen molar-refractivity contribution in [1.82, 2.24) is 0 Å². The summed E-state index contributed by atoms with van der Waals surface area (Å²) in [4.78, 5) is 1.29. The number of hydrogen-bond acceptors (Lipinski definition) is 1. The van der Waals surface area contributed by atoms with Crippen LogP contribution in [0.3, 0.4) is 0 Å². The molecule has 1 heterocycles. The lowest BCUT2D eigenvalue weighted by atomic mass is 10.2. The van der Waals surface area contributed by atoms with Crippen LogP contribution >= 0.6 is 22.9 Å². The summed E-state index contributed by atoms with van der Waals surface area (Å²) in [7, 11) is 0. The third-order valence-corrected chi connectivity index (χ3v) is 3.78. The van der Waals surface area contributed by atoms with E-state index < -0.39 is 0 Å². The van der Waals surface area contributed by atoms with Gasteiger partial charge in [-0.15, -0.1) is 11.3 Å². The van der Waals surface area contributed by atoms with Crippen LogP contribution < -0.4 is 0 Å². The Kier molecular flexibility index (Phi) is 4.43. The number of fused-ring (bicyclic) bond motifs is 1. The summed E-state index contributed by atoms with van der Waals surface area (Å²) >= 11 is 7.96. The molecule has 0 atom stereocenters. The van der Waals surface area contributed by atoms with Gasteiger partial charge in [0.05, 0.1) is 5.02 Å². The van der Waals surface area contributed by atoms with Gasteiger partial charge in [0, 0.05) is 15.0 Å². The largest absolute Gasteiger partial charge is 0.139 e. The average molecular weight is 227 g/mol. The molecule has 2 aromatic rings. The fourth-order valence-electron chi connectivity index (χ4n) is 1.29. The number of halogens is 1. The normalized spacial score (nSPS) is 9.71. The lowest BCUT2D eigenvalue weighted by Crippen LogP contribution is -1.69. The number of aryl methyl sites for hydroxylation is 1. The second-order valence-corrected chi connectivity index (χ2v) is 4.20.